The number of ether oxygens (including phenoxy) is 1. The first-order valence-corrected chi connectivity index (χ1v) is 6.37. The number of nitrogens with one attached hydrogen (secondary N) is 1. The smallest absolute Gasteiger partial charge is 0.325 e. The van der Waals surface area contributed by atoms with Crippen molar-refractivity contribution in [1.82, 2.24) is 9.78 Å². The van der Waals surface area contributed by atoms with Gasteiger partial charge in [-0.1, -0.05) is 0 Å². The van der Waals surface area contributed by atoms with Gasteiger partial charge in [0.05, 0.1) is 18.4 Å². The molecule has 110 valence electrons. The molecule has 2 aromatic rings. The van der Waals surface area contributed by atoms with Crippen molar-refractivity contribution in [2.75, 3.05) is 11.9 Å². The lowest BCUT2D eigenvalue weighted by molar-refractivity contribution is -0.137. The summed E-state index contributed by atoms with van der Waals surface area (Å²) in [6, 6.07) is 6.97. The summed E-state index contributed by atoms with van der Waals surface area (Å²) in [6.07, 6.45) is 2.71. The molecule has 2 rings (SSSR count). The monoisotopic (exact) mass is 289 g/mol. The van der Waals surface area contributed by atoms with E-state index in [9.17, 15) is 9.59 Å². The summed E-state index contributed by atoms with van der Waals surface area (Å²) in [6.45, 7) is 2.19. The van der Waals surface area contributed by atoms with Gasteiger partial charge in [-0.15, -0.1) is 0 Å². The Bertz CT molecular complexity index is 634. The molecule has 1 aromatic heterocycles. The van der Waals surface area contributed by atoms with Gasteiger partial charge in [0.25, 0.3) is 5.91 Å². The Hall–Kier alpha value is -2.83. The van der Waals surface area contributed by atoms with Crippen LogP contribution in [-0.2, 0) is 11.3 Å². The van der Waals surface area contributed by atoms with E-state index >= 15 is 0 Å². The van der Waals surface area contributed by atoms with Crippen molar-refractivity contribution >= 4 is 17.6 Å². The second kappa shape index (κ2) is 6.56. The number of nitrogens with zero attached hydrogens (tertiary/aromatic N) is 2. The van der Waals surface area contributed by atoms with E-state index in [2.05, 4.69) is 10.4 Å². The highest BCUT2D eigenvalue weighted by Crippen LogP contribution is 2.16. The van der Waals surface area contributed by atoms with Crippen molar-refractivity contribution in [1.29, 1.82) is 0 Å². The summed E-state index contributed by atoms with van der Waals surface area (Å²) < 4.78 is 6.50. The molecule has 0 bridgehead atoms. The third-order valence-corrected chi connectivity index (χ3v) is 2.62. The average Bonchev–Trinajstić information content (AvgIpc) is 2.89. The van der Waals surface area contributed by atoms with Crippen LogP contribution in [0, 0.1) is 0 Å². The van der Waals surface area contributed by atoms with Gasteiger partial charge in [0, 0.05) is 11.9 Å². The molecule has 0 radical (unpaired) electrons. The summed E-state index contributed by atoms with van der Waals surface area (Å²) in [5.74, 6) is -0.642. The minimum Gasteiger partial charge on any atom is -0.494 e. The fraction of sp³-hybridized carbons (Fsp3) is 0.214. The van der Waals surface area contributed by atoms with E-state index in [1.165, 1.54) is 17.1 Å². The Balaban J connectivity index is 2.00. The Kier molecular flexibility index (Phi) is 4.55. The molecular weight excluding hydrogens is 274 g/mol. The zero-order valence-corrected chi connectivity index (χ0v) is 11.4. The third kappa shape index (κ3) is 4.07. The molecule has 0 aliphatic rings. The van der Waals surface area contributed by atoms with Crippen LogP contribution in [0.15, 0.2) is 36.7 Å². The Morgan fingerprint density at radius 1 is 1.33 bits per heavy atom. The van der Waals surface area contributed by atoms with Gasteiger partial charge < -0.3 is 15.2 Å². The molecular formula is C14H15N3O4. The molecule has 0 saturated carbocycles. The van der Waals surface area contributed by atoms with Crippen molar-refractivity contribution in [3.8, 4) is 5.75 Å². The van der Waals surface area contributed by atoms with Crippen molar-refractivity contribution in [2.45, 2.75) is 13.5 Å². The summed E-state index contributed by atoms with van der Waals surface area (Å²) >= 11 is 0. The average molecular weight is 289 g/mol. The van der Waals surface area contributed by atoms with Crippen molar-refractivity contribution in [3.63, 3.8) is 0 Å². The highest BCUT2D eigenvalue weighted by atomic mass is 16.5. The number of hydrogen-bond donors (Lipinski definition) is 2. The lowest BCUT2D eigenvalue weighted by Gasteiger charge is -2.06. The van der Waals surface area contributed by atoms with Gasteiger partial charge in [-0.2, -0.15) is 5.10 Å². The molecule has 7 heteroatoms. The number of hydrogen-bond acceptors (Lipinski definition) is 4. The number of rotatable bonds is 6. The van der Waals surface area contributed by atoms with Crippen LogP contribution < -0.4 is 10.1 Å². The molecule has 0 saturated heterocycles. The van der Waals surface area contributed by atoms with Gasteiger partial charge >= 0.3 is 5.97 Å². The van der Waals surface area contributed by atoms with Gasteiger partial charge in [0.2, 0.25) is 0 Å². The molecule has 0 aliphatic heterocycles. The minimum atomic E-state index is -1.02. The van der Waals surface area contributed by atoms with Gasteiger partial charge in [-0.3, -0.25) is 14.3 Å². The number of carboxylic acid groups (broad SMARTS) is 1. The second-order valence-electron chi connectivity index (χ2n) is 4.23. The third-order valence-electron chi connectivity index (χ3n) is 2.62. The minimum absolute atomic E-state index is 0.281. The van der Waals surface area contributed by atoms with Crippen LogP contribution >= 0.6 is 0 Å². The lowest BCUT2D eigenvalue weighted by Crippen LogP contribution is -2.12. The molecule has 1 amide bonds. The van der Waals surface area contributed by atoms with Crippen LogP contribution in [0.25, 0.3) is 0 Å². The molecule has 21 heavy (non-hydrogen) atoms. The Morgan fingerprint density at radius 2 is 2.05 bits per heavy atom. The number of carboxylic acids is 1. The summed E-state index contributed by atoms with van der Waals surface area (Å²) in [5.41, 5.74) is 0.916. The highest BCUT2D eigenvalue weighted by molar-refractivity contribution is 6.03. The standard InChI is InChI=1S/C14H15N3O4/c1-2-21-12-5-3-11(4-6-12)16-14(20)10-7-15-17(8-10)9-13(18)19/h3-8H,2,9H2,1H3,(H,16,20)(H,18,19). The number of carbonyl (C=O) groups excluding carboxylic acids is 1. The number of aromatic nitrogens is 2. The molecule has 0 unspecified atom stereocenters. The fourth-order valence-corrected chi connectivity index (χ4v) is 1.71. The van der Waals surface area contributed by atoms with Crippen LogP contribution in [0.5, 0.6) is 5.75 Å². The first-order valence-electron chi connectivity index (χ1n) is 6.37. The van der Waals surface area contributed by atoms with Crippen molar-refractivity contribution < 1.29 is 19.4 Å². The van der Waals surface area contributed by atoms with E-state index in [0.717, 1.165) is 5.75 Å². The largest absolute Gasteiger partial charge is 0.494 e. The quantitative estimate of drug-likeness (QED) is 0.842. The lowest BCUT2D eigenvalue weighted by atomic mass is 10.2. The number of benzene rings is 1. The molecule has 7 nitrogen and oxygen atoms in total. The Labute approximate surface area is 121 Å². The Morgan fingerprint density at radius 3 is 2.67 bits per heavy atom. The number of amides is 1. The molecule has 0 spiro atoms. The van der Waals surface area contributed by atoms with E-state index in [4.69, 9.17) is 9.84 Å². The summed E-state index contributed by atoms with van der Waals surface area (Å²) in [5, 5.41) is 15.2. The van der Waals surface area contributed by atoms with Gasteiger partial charge in [0.15, 0.2) is 0 Å². The highest BCUT2D eigenvalue weighted by Gasteiger charge is 2.10. The van der Waals surface area contributed by atoms with Crippen LogP contribution in [0.1, 0.15) is 17.3 Å². The van der Waals surface area contributed by atoms with Gasteiger partial charge in [-0.25, -0.2) is 0 Å². The second-order valence-corrected chi connectivity index (χ2v) is 4.23. The predicted molar refractivity (Wildman–Crippen MR) is 75.4 cm³/mol. The summed E-state index contributed by atoms with van der Waals surface area (Å²) in [4.78, 5) is 22.5. The first-order chi connectivity index (χ1) is 10.1. The number of aliphatic carboxylic acids is 1. The van der Waals surface area contributed by atoms with E-state index in [0.29, 0.717) is 17.9 Å². The SMILES string of the molecule is CCOc1ccc(NC(=O)c2cnn(CC(=O)O)c2)cc1. The maximum Gasteiger partial charge on any atom is 0.325 e. The van der Waals surface area contributed by atoms with Crippen molar-refractivity contribution in [2.24, 2.45) is 0 Å². The maximum absolute atomic E-state index is 12.0. The summed E-state index contributed by atoms with van der Waals surface area (Å²) in [7, 11) is 0. The van der Waals surface area contributed by atoms with E-state index in [-0.39, 0.29) is 12.5 Å². The van der Waals surface area contributed by atoms with Crippen LogP contribution in [0.2, 0.25) is 0 Å². The van der Waals surface area contributed by atoms with Gasteiger partial charge in [0.1, 0.15) is 12.3 Å². The molecule has 2 N–H and O–H groups in total. The van der Waals surface area contributed by atoms with Crippen LogP contribution in [0.3, 0.4) is 0 Å². The zero-order valence-electron chi connectivity index (χ0n) is 11.4. The molecule has 0 aliphatic carbocycles. The maximum atomic E-state index is 12.0. The van der Waals surface area contributed by atoms with E-state index in [1.807, 2.05) is 6.92 Å². The normalized spacial score (nSPS) is 10.1. The van der Waals surface area contributed by atoms with E-state index in [1.54, 1.807) is 24.3 Å². The topological polar surface area (TPSA) is 93.5 Å². The number of anilines is 1. The van der Waals surface area contributed by atoms with Gasteiger partial charge in [-0.05, 0) is 31.2 Å². The fourth-order valence-electron chi connectivity index (χ4n) is 1.71. The molecule has 0 fully saturated rings. The predicted octanol–water partition coefficient (Wildman–Crippen LogP) is 1.62. The first kappa shape index (κ1) is 14.6. The number of carbonyl (C=O) groups is 2. The molecule has 1 heterocycles. The van der Waals surface area contributed by atoms with E-state index < -0.39 is 5.97 Å². The molecule has 1 aromatic carbocycles. The van der Waals surface area contributed by atoms with Crippen LogP contribution in [0.4, 0.5) is 5.69 Å². The van der Waals surface area contributed by atoms with Crippen LogP contribution in [-0.4, -0.2) is 33.4 Å². The van der Waals surface area contributed by atoms with Crippen molar-refractivity contribution in [3.05, 3.63) is 42.2 Å². The zero-order chi connectivity index (χ0) is 15.2. The molecule has 0 atom stereocenters.